The van der Waals surface area contributed by atoms with Gasteiger partial charge in [-0.25, -0.2) is 18.7 Å². The van der Waals surface area contributed by atoms with E-state index in [-0.39, 0.29) is 17.3 Å². The van der Waals surface area contributed by atoms with Crippen molar-refractivity contribution in [3.8, 4) is 28.8 Å². The van der Waals surface area contributed by atoms with E-state index in [1.54, 1.807) is 0 Å². The zero-order valence-electron chi connectivity index (χ0n) is 17.0. The van der Waals surface area contributed by atoms with Crippen LogP contribution in [0.25, 0.3) is 22.8 Å². The van der Waals surface area contributed by atoms with E-state index in [9.17, 15) is 14.0 Å². The molecule has 32 heavy (non-hydrogen) atoms. The molecule has 0 saturated carbocycles. The summed E-state index contributed by atoms with van der Waals surface area (Å²) in [7, 11) is 0. The predicted molar refractivity (Wildman–Crippen MR) is 118 cm³/mol. The fourth-order valence-electron chi connectivity index (χ4n) is 3.99. The van der Waals surface area contributed by atoms with Crippen LogP contribution in [0.2, 0.25) is 0 Å². The molecule has 0 amide bonds. The number of hydrogen-bond donors (Lipinski definition) is 0. The number of hydrogen-bond acceptors (Lipinski definition) is 3. The van der Waals surface area contributed by atoms with E-state index in [4.69, 9.17) is 0 Å². The first kappa shape index (κ1) is 19.8. The van der Waals surface area contributed by atoms with Gasteiger partial charge < -0.3 is 4.57 Å². The number of fused-ring (bicyclic) bond motifs is 1. The lowest BCUT2D eigenvalue weighted by Crippen LogP contribution is -2.06. The normalized spacial score (nSPS) is 15.5. The van der Waals surface area contributed by atoms with Gasteiger partial charge in [-0.3, -0.25) is 0 Å². The summed E-state index contributed by atoms with van der Waals surface area (Å²) in [5, 5.41) is 9.34. The van der Waals surface area contributed by atoms with Crippen LogP contribution in [0.3, 0.4) is 0 Å². The van der Waals surface area contributed by atoms with Gasteiger partial charge in [-0.2, -0.15) is 5.26 Å². The second-order valence-corrected chi connectivity index (χ2v) is 7.72. The van der Waals surface area contributed by atoms with E-state index in [2.05, 4.69) is 34.3 Å². The number of rotatable bonds is 4. The first-order chi connectivity index (χ1) is 15.6. The molecule has 0 radical (unpaired) electrons. The molecule has 6 heteroatoms. The van der Waals surface area contributed by atoms with Crippen molar-refractivity contribution in [2.24, 2.45) is 0 Å². The molecule has 1 unspecified atom stereocenters. The number of benzene rings is 2. The highest BCUT2D eigenvalue weighted by Crippen LogP contribution is 2.30. The van der Waals surface area contributed by atoms with Gasteiger partial charge in [0.2, 0.25) is 0 Å². The summed E-state index contributed by atoms with van der Waals surface area (Å²) in [6.45, 7) is 0.648. The maximum Gasteiger partial charge on any atom is 0.169 e. The fourth-order valence-corrected chi connectivity index (χ4v) is 3.99. The van der Waals surface area contributed by atoms with Crippen LogP contribution >= 0.6 is 0 Å². The van der Waals surface area contributed by atoms with Crippen LogP contribution in [0.15, 0.2) is 84.7 Å². The molecule has 3 aliphatic rings. The van der Waals surface area contributed by atoms with Gasteiger partial charge in [0.1, 0.15) is 5.69 Å². The predicted octanol–water partition coefficient (Wildman–Crippen LogP) is 5.87. The summed E-state index contributed by atoms with van der Waals surface area (Å²) in [5.41, 5.74) is 4.19. The third-order valence-corrected chi connectivity index (χ3v) is 5.64. The Morgan fingerprint density at radius 2 is 1.88 bits per heavy atom. The van der Waals surface area contributed by atoms with Gasteiger partial charge in [-0.1, -0.05) is 42.5 Å². The summed E-state index contributed by atoms with van der Waals surface area (Å²) >= 11 is 0. The number of allylic oxidation sites excluding steroid dienone is 4. The van der Waals surface area contributed by atoms with E-state index in [0.29, 0.717) is 23.5 Å². The van der Waals surface area contributed by atoms with Crippen molar-refractivity contribution >= 4 is 0 Å². The number of nitriles is 1. The summed E-state index contributed by atoms with van der Waals surface area (Å²) in [6.07, 6.45) is 11.0. The lowest BCUT2D eigenvalue weighted by molar-refractivity contribution is 0.510. The number of nitrogens with zero attached hydrogens (tertiary/aromatic N) is 4. The molecule has 1 aliphatic carbocycles. The molecule has 156 valence electrons. The second kappa shape index (κ2) is 8.20. The number of aromatic nitrogens is 3. The highest BCUT2D eigenvalue weighted by molar-refractivity contribution is 5.66. The smallest absolute Gasteiger partial charge is 0.169 e. The lowest BCUT2D eigenvalue weighted by atomic mass is 9.87. The van der Waals surface area contributed by atoms with Gasteiger partial charge in [0.25, 0.3) is 0 Å². The van der Waals surface area contributed by atoms with Crippen molar-refractivity contribution in [3.63, 3.8) is 0 Å². The van der Waals surface area contributed by atoms with Crippen molar-refractivity contribution in [2.45, 2.75) is 18.9 Å². The molecular weight excluding hydrogens is 406 g/mol. The molecule has 4 nitrogen and oxygen atoms in total. The number of pyridine rings is 1. The molecular formula is C26H18F2N4. The molecule has 2 aliphatic heterocycles. The van der Waals surface area contributed by atoms with E-state index >= 15 is 0 Å². The summed E-state index contributed by atoms with van der Waals surface area (Å²) in [5.74, 6) is -1.50. The zero-order valence-corrected chi connectivity index (χ0v) is 17.0. The molecule has 2 heterocycles. The van der Waals surface area contributed by atoms with Gasteiger partial charge >= 0.3 is 0 Å². The van der Waals surface area contributed by atoms with Crippen molar-refractivity contribution in [1.82, 2.24) is 14.5 Å². The minimum atomic E-state index is -0.944. The van der Waals surface area contributed by atoms with Crippen molar-refractivity contribution < 1.29 is 8.78 Å². The van der Waals surface area contributed by atoms with Crippen LogP contribution in [0.1, 0.15) is 23.5 Å². The second-order valence-electron chi connectivity index (χ2n) is 7.72. The van der Waals surface area contributed by atoms with Crippen molar-refractivity contribution in [2.75, 3.05) is 0 Å². The zero-order chi connectivity index (χ0) is 22.1. The Hall–Kier alpha value is -4.11. The Labute approximate surface area is 184 Å². The molecule has 0 saturated heterocycles. The molecule has 0 N–H and O–H groups in total. The van der Waals surface area contributed by atoms with Gasteiger partial charge in [0.05, 0.1) is 22.9 Å². The van der Waals surface area contributed by atoms with E-state index < -0.39 is 11.6 Å². The SMILES string of the molecule is N#Cc1ccccc1C1C=CC(Cn2ccc3nc(-c4cccc(F)c4F)nc-3c2)=CC1. The van der Waals surface area contributed by atoms with E-state index in [1.165, 1.54) is 12.1 Å². The molecule has 2 aromatic carbocycles. The molecule has 1 atom stereocenters. The van der Waals surface area contributed by atoms with Crippen LogP contribution < -0.4 is 0 Å². The maximum absolute atomic E-state index is 14.1. The Morgan fingerprint density at radius 1 is 1.03 bits per heavy atom. The minimum absolute atomic E-state index is 0.0503. The third-order valence-electron chi connectivity index (χ3n) is 5.64. The van der Waals surface area contributed by atoms with E-state index in [1.807, 2.05) is 47.3 Å². The standard InChI is InChI=1S/C26H18F2N4/c27-22-7-3-6-21(25(22)28)26-30-23-12-13-32(16-24(23)31-26)15-17-8-10-18(11-9-17)20-5-2-1-4-19(20)14-29/h1-10,12-13,16,18H,11,15H2. The summed E-state index contributed by atoms with van der Waals surface area (Å²) in [4.78, 5) is 8.75. The van der Waals surface area contributed by atoms with Gasteiger partial charge in [0.15, 0.2) is 17.5 Å². The Bertz CT molecular complexity index is 1380. The molecule has 0 aromatic heterocycles. The van der Waals surface area contributed by atoms with Crippen LogP contribution in [0.5, 0.6) is 0 Å². The Morgan fingerprint density at radius 3 is 2.69 bits per heavy atom. The summed E-state index contributed by atoms with van der Waals surface area (Å²) in [6, 6.07) is 15.8. The average molecular weight is 424 g/mol. The van der Waals surface area contributed by atoms with Gasteiger partial charge in [-0.15, -0.1) is 0 Å². The van der Waals surface area contributed by atoms with Crippen LogP contribution in [0.4, 0.5) is 8.78 Å². The van der Waals surface area contributed by atoms with Crippen LogP contribution in [-0.2, 0) is 6.54 Å². The Kier molecular flexibility index (Phi) is 5.08. The monoisotopic (exact) mass is 424 g/mol. The fraction of sp³-hybridized carbons (Fsp3) is 0.115. The van der Waals surface area contributed by atoms with Crippen LogP contribution in [0, 0.1) is 23.0 Å². The van der Waals surface area contributed by atoms with Crippen molar-refractivity contribution in [1.29, 1.82) is 5.26 Å². The van der Waals surface area contributed by atoms with E-state index in [0.717, 1.165) is 23.6 Å². The molecule has 5 rings (SSSR count). The third kappa shape index (κ3) is 3.69. The Balaban J connectivity index is 1.35. The molecule has 2 aromatic rings. The van der Waals surface area contributed by atoms with Gasteiger partial charge in [0, 0.05) is 24.9 Å². The van der Waals surface area contributed by atoms with Crippen LogP contribution in [-0.4, -0.2) is 14.5 Å². The van der Waals surface area contributed by atoms with Gasteiger partial charge in [-0.05, 0) is 41.8 Å². The maximum atomic E-state index is 14.1. The average Bonchev–Trinajstić information content (AvgIpc) is 3.24. The summed E-state index contributed by atoms with van der Waals surface area (Å²) < 4.78 is 29.7. The number of imidazole rings is 1. The largest absolute Gasteiger partial charge is 0.348 e. The highest BCUT2D eigenvalue weighted by Gasteiger charge is 2.18. The number of halogens is 2. The molecule has 0 fully saturated rings. The van der Waals surface area contributed by atoms with Crippen molar-refractivity contribution in [3.05, 3.63) is 107 Å². The molecule has 0 spiro atoms. The lowest BCUT2D eigenvalue weighted by Gasteiger charge is -2.18. The topological polar surface area (TPSA) is 54.5 Å². The quantitative estimate of drug-likeness (QED) is 0.412. The minimum Gasteiger partial charge on any atom is -0.348 e. The highest BCUT2D eigenvalue weighted by atomic mass is 19.2. The first-order valence-corrected chi connectivity index (χ1v) is 10.3. The molecule has 0 bridgehead atoms. The first-order valence-electron chi connectivity index (χ1n) is 10.3.